The van der Waals surface area contributed by atoms with Gasteiger partial charge in [-0.3, -0.25) is 4.79 Å². The van der Waals surface area contributed by atoms with Crippen molar-refractivity contribution in [2.75, 3.05) is 0 Å². The zero-order valence-corrected chi connectivity index (χ0v) is 14.7. The topological polar surface area (TPSA) is 84.2 Å². The molecule has 3 rings (SSSR count). The third-order valence-corrected chi connectivity index (χ3v) is 4.64. The average molecular weight is 341 g/mol. The number of fused-ring (bicyclic) bond motifs is 1. The molecule has 0 saturated carbocycles. The van der Waals surface area contributed by atoms with Crippen molar-refractivity contribution in [3.05, 3.63) is 46.8 Å². The van der Waals surface area contributed by atoms with Crippen molar-refractivity contribution in [1.82, 2.24) is 15.1 Å². The Labute approximate surface area is 146 Å². The van der Waals surface area contributed by atoms with Crippen molar-refractivity contribution in [2.24, 2.45) is 5.92 Å². The zero-order chi connectivity index (χ0) is 18.1. The van der Waals surface area contributed by atoms with E-state index >= 15 is 0 Å². The molecule has 0 bridgehead atoms. The van der Waals surface area contributed by atoms with Crippen molar-refractivity contribution < 1.29 is 14.7 Å². The molecule has 0 unspecified atom stereocenters. The molecule has 2 N–H and O–H groups in total. The minimum Gasteiger partial charge on any atom is -0.480 e. The first-order valence-corrected chi connectivity index (χ1v) is 8.60. The minimum absolute atomic E-state index is 0.200. The van der Waals surface area contributed by atoms with Crippen LogP contribution >= 0.6 is 0 Å². The Kier molecular flexibility index (Phi) is 4.61. The molecule has 1 amide bonds. The van der Waals surface area contributed by atoms with E-state index in [9.17, 15) is 14.7 Å². The summed E-state index contributed by atoms with van der Waals surface area (Å²) >= 11 is 0. The third kappa shape index (κ3) is 3.29. The second-order valence-electron chi connectivity index (χ2n) is 6.91. The smallest absolute Gasteiger partial charge is 0.326 e. The fourth-order valence-corrected chi connectivity index (χ4v) is 3.24. The monoisotopic (exact) mass is 341 g/mol. The number of aliphatic carboxylic acids is 1. The van der Waals surface area contributed by atoms with E-state index in [1.54, 1.807) is 13.8 Å². The first kappa shape index (κ1) is 17.2. The number of hydrogen-bond donors (Lipinski definition) is 2. The highest BCUT2D eigenvalue weighted by Gasteiger charge is 2.30. The van der Waals surface area contributed by atoms with Gasteiger partial charge in [-0.15, -0.1) is 0 Å². The molecule has 6 heteroatoms. The normalized spacial score (nSPS) is 14.4. The van der Waals surface area contributed by atoms with Gasteiger partial charge >= 0.3 is 5.97 Å². The molecule has 1 aliphatic rings. The molecule has 0 spiro atoms. The highest BCUT2D eigenvalue weighted by molar-refractivity contribution is 5.96. The number of hydrogen-bond acceptors (Lipinski definition) is 3. The van der Waals surface area contributed by atoms with Gasteiger partial charge in [-0.2, -0.15) is 5.10 Å². The van der Waals surface area contributed by atoms with Gasteiger partial charge in [0.2, 0.25) is 0 Å². The lowest BCUT2D eigenvalue weighted by Crippen LogP contribution is -2.44. The van der Waals surface area contributed by atoms with Crippen molar-refractivity contribution in [3.63, 3.8) is 0 Å². The van der Waals surface area contributed by atoms with E-state index in [4.69, 9.17) is 0 Å². The van der Waals surface area contributed by atoms with Crippen LogP contribution in [0.3, 0.4) is 0 Å². The number of rotatable bonds is 5. The Morgan fingerprint density at radius 3 is 2.48 bits per heavy atom. The molecule has 1 aliphatic carbocycles. The number of amides is 1. The number of carboxylic acid groups (broad SMARTS) is 1. The minimum atomic E-state index is -1.03. The molecule has 6 nitrogen and oxygen atoms in total. The van der Waals surface area contributed by atoms with E-state index in [1.807, 2.05) is 35.9 Å². The molecule has 1 atom stereocenters. The van der Waals surface area contributed by atoms with Crippen molar-refractivity contribution in [2.45, 2.75) is 46.1 Å². The van der Waals surface area contributed by atoms with Crippen LogP contribution in [0.15, 0.2) is 24.3 Å². The van der Waals surface area contributed by atoms with Crippen molar-refractivity contribution >= 4 is 11.9 Å². The van der Waals surface area contributed by atoms with Gasteiger partial charge in [0.15, 0.2) is 5.69 Å². The first-order valence-electron chi connectivity index (χ1n) is 8.60. The van der Waals surface area contributed by atoms with Gasteiger partial charge in [0.1, 0.15) is 6.04 Å². The number of aryl methyl sites for hydroxylation is 1. The Morgan fingerprint density at radius 2 is 1.88 bits per heavy atom. The number of carboxylic acids is 1. The molecule has 1 aromatic heterocycles. The number of nitrogens with zero attached hydrogens (tertiary/aromatic N) is 2. The second kappa shape index (κ2) is 6.70. The molecular formula is C19H23N3O3. The Hall–Kier alpha value is -2.63. The van der Waals surface area contributed by atoms with Gasteiger partial charge in [0.25, 0.3) is 5.91 Å². The van der Waals surface area contributed by atoms with Crippen molar-refractivity contribution in [3.8, 4) is 5.69 Å². The predicted octanol–water partition coefficient (Wildman–Crippen LogP) is 2.51. The summed E-state index contributed by atoms with van der Waals surface area (Å²) in [5.74, 6) is -1.64. The second-order valence-corrected chi connectivity index (χ2v) is 6.91. The van der Waals surface area contributed by atoms with E-state index < -0.39 is 17.9 Å². The summed E-state index contributed by atoms with van der Waals surface area (Å²) in [6, 6.07) is 7.07. The third-order valence-electron chi connectivity index (χ3n) is 4.64. The highest BCUT2D eigenvalue weighted by atomic mass is 16.4. The fraction of sp³-hybridized carbons (Fsp3) is 0.421. The lowest BCUT2D eigenvalue weighted by atomic mass is 10.0. The molecule has 25 heavy (non-hydrogen) atoms. The molecular weight excluding hydrogens is 318 g/mol. The van der Waals surface area contributed by atoms with Gasteiger partial charge in [-0.25, -0.2) is 9.48 Å². The summed E-state index contributed by atoms with van der Waals surface area (Å²) in [6.07, 6.45) is 2.64. The first-order chi connectivity index (χ1) is 11.9. The SMILES string of the molecule is Cc1ccc(-n2nc(C(=O)N[C@@H](C(=O)O)C(C)C)c3c2CCC3)cc1. The van der Waals surface area contributed by atoms with E-state index in [1.165, 1.54) is 0 Å². The number of carbonyl (C=O) groups excluding carboxylic acids is 1. The summed E-state index contributed by atoms with van der Waals surface area (Å²) in [7, 11) is 0. The zero-order valence-electron chi connectivity index (χ0n) is 14.7. The van der Waals surface area contributed by atoms with Crippen molar-refractivity contribution in [1.29, 1.82) is 0 Å². The molecule has 0 radical (unpaired) electrons. The van der Waals surface area contributed by atoms with Crippen LogP contribution in [-0.2, 0) is 17.6 Å². The maximum atomic E-state index is 12.7. The van der Waals surface area contributed by atoms with Crippen LogP contribution in [0, 0.1) is 12.8 Å². The van der Waals surface area contributed by atoms with E-state index in [-0.39, 0.29) is 5.92 Å². The van der Waals surface area contributed by atoms with Gasteiger partial charge in [-0.1, -0.05) is 31.5 Å². The van der Waals surface area contributed by atoms with Crippen LogP contribution in [0.4, 0.5) is 0 Å². The van der Waals surface area contributed by atoms with Gasteiger partial charge in [0.05, 0.1) is 5.69 Å². The molecule has 132 valence electrons. The predicted molar refractivity (Wildman–Crippen MR) is 94.1 cm³/mol. The van der Waals surface area contributed by atoms with Crippen LogP contribution in [0.5, 0.6) is 0 Å². The maximum absolute atomic E-state index is 12.7. The average Bonchev–Trinajstić information content (AvgIpc) is 3.15. The number of aromatic nitrogens is 2. The molecule has 1 aromatic carbocycles. The fourth-order valence-electron chi connectivity index (χ4n) is 3.24. The molecule has 2 aromatic rings. The van der Waals surface area contributed by atoms with Crippen LogP contribution in [0.2, 0.25) is 0 Å². The Morgan fingerprint density at radius 1 is 1.20 bits per heavy atom. The van der Waals surface area contributed by atoms with E-state index in [0.29, 0.717) is 5.69 Å². The van der Waals surface area contributed by atoms with Crippen LogP contribution < -0.4 is 5.32 Å². The number of benzene rings is 1. The summed E-state index contributed by atoms with van der Waals surface area (Å²) in [6.45, 7) is 5.57. The molecule has 0 saturated heterocycles. The lowest BCUT2D eigenvalue weighted by Gasteiger charge is -2.17. The van der Waals surface area contributed by atoms with E-state index in [0.717, 1.165) is 41.8 Å². The molecule has 0 aliphatic heterocycles. The van der Waals surface area contributed by atoms with Crippen LogP contribution in [0.25, 0.3) is 5.69 Å². The van der Waals surface area contributed by atoms with Gasteiger partial charge in [0, 0.05) is 11.3 Å². The molecule has 1 heterocycles. The molecule has 0 fully saturated rings. The van der Waals surface area contributed by atoms with Gasteiger partial charge < -0.3 is 10.4 Å². The summed E-state index contributed by atoms with van der Waals surface area (Å²) < 4.78 is 1.82. The van der Waals surface area contributed by atoms with Crippen LogP contribution in [-0.4, -0.2) is 32.8 Å². The maximum Gasteiger partial charge on any atom is 0.326 e. The lowest BCUT2D eigenvalue weighted by molar-refractivity contribution is -0.140. The highest BCUT2D eigenvalue weighted by Crippen LogP contribution is 2.28. The standard InChI is InChI=1S/C19H23N3O3/c1-11(2)16(19(24)25)20-18(23)17-14-5-4-6-15(14)22(21-17)13-9-7-12(3)8-10-13/h7-11,16H,4-6H2,1-3H3,(H,20,23)(H,24,25)/t16-/m1/s1. The summed E-state index contributed by atoms with van der Waals surface area (Å²) in [5, 5.41) is 16.4. The quantitative estimate of drug-likeness (QED) is 0.875. The summed E-state index contributed by atoms with van der Waals surface area (Å²) in [5.41, 5.74) is 4.41. The van der Waals surface area contributed by atoms with Crippen LogP contribution in [0.1, 0.15) is 47.6 Å². The van der Waals surface area contributed by atoms with E-state index in [2.05, 4.69) is 10.4 Å². The summed E-state index contributed by atoms with van der Waals surface area (Å²) in [4.78, 5) is 24.0. The Balaban J connectivity index is 1.95. The largest absolute Gasteiger partial charge is 0.480 e. The number of carbonyl (C=O) groups is 2. The number of nitrogens with one attached hydrogen (secondary N) is 1. The Bertz CT molecular complexity index is 806. The van der Waals surface area contributed by atoms with Gasteiger partial charge in [-0.05, 0) is 44.2 Å².